The van der Waals surface area contributed by atoms with Crippen molar-refractivity contribution in [1.29, 1.82) is 0 Å². The Balaban J connectivity index is 1.85. The number of carbonyl (C=O) groups is 2. The van der Waals surface area contributed by atoms with Gasteiger partial charge in [-0.2, -0.15) is 0 Å². The number of nitrogens with zero attached hydrogens (tertiary/aromatic N) is 2. The topological polar surface area (TPSA) is 96.0 Å². The van der Waals surface area contributed by atoms with Crippen LogP contribution in [-0.4, -0.2) is 50.5 Å². The first kappa shape index (κ1) is 29.0. The number of ether oxygens (including phenoxy) is 1. The van der Waals surface area contributed by atoms with Crippen LogP contribution in [0.1, 0.15) is 25.8 Å². The van der Waals surface area contributed by atoms with E-state index in [4.69, 9.17) is 16.3 Å². The molecule has 38 heavy (non-hydrogen) atoms. The maximum absolute atomic E-state index is 13.6. The van der Waals surface area contributed by atoms with Gasteiger partial charge in [-0.25, -0.2) is 8.42 Å². The number of benzene rings is 3. The Morgan fingerprint density at radius 2 is 1.63 bits per heavy atom. The summed E-state index contributed by atoms with van der Waals surface area (Å²) < 4.78 is 32.3. The molecular weight excluding hydrogens is 526 g/mol. The number of amides is 2. The van der Waals surface area contributed by atoms with Crippen LogP contribution in [0.4, 0.5) is 5.69 Å². The Morgan fingerprint density at radius 3 is 2.24 bits per heavy atom. The molecule has 10 heteroatoms. The normalized spacial score (nSPS) is 11.9. The Labute approximate surface area is 229 Å². The average Bonchev–Trinajstić information content (AvgIpc) is 2.89. The van der Waals surface area contributed by atoms with Gasteiger partial charge in [0.2, 0.25) is 21.8 Å². The zero-order valence-electron chi connectivity index (χ0n) is 21.6. The number of rotatable bonds is 12. The van der Waals surface area contributed by atoms with Gasteiger partial charge in [-0.15, -0.1) is 0 Å². The Morgan fingerprint density at radius 1 is 0.974 bits per heavy atom. The molecular formula is C28H32ClN3O5S. The van der Waals surface area contributed by atoms with Crippen LogP contribution in [0.2, 0.25) is 5.02 Å². The fraction of sp³-hybridized carbons (Fsp3) is 0.286. The number of nitrogens with one attached hydrogen (secondary N) is 1. The van der Waals surface area contributed by atoms with Gasteiger partial charge in [0, 0.05) is 18.1 Å². The summed E-state index contributed by atoms with van der Waals surface area (Å²) in [6.45, 7) is 3.62. The van der Waals surface area contributed by atoms with Crippen LogP contribution in [0.3, 0.4) is 0 Å². The molecule has 0 fully saturated rings. The van der Waals surface area contributed by atoms with Gasteiger partial charge < -0.3 is 15.0 Å². The molecule has 0 spiro atoms. The number of sulfonamides is 1. The molecule has 202 valence electrons. The first-order valence-corrected chi connectivity index (χ1v) is 14.4. The molecule has 8 nitrogen and oxygen atoms in total. The molecule has 0 aliphatic carbocycles. The fourth-order valence-corrected chi connectivity index (χ4v) is 4.79. The van der Waals surface area contributed by atoms with Crippen LogP contribution in [0.15, 0.2) is 78.9 Å². The first-order chi connectivity index (χ1) is 18.1. The van der Waals surface area contributed by atoms with Crippen LogP contribution in [0.5, 0.6) is 11.5 Å². The van der Waals surface area contributed by atoms with E-state index in [-0.39, 0.29) is 12.5 Å². The van der Waals surface area contributed by atoms with Crippen LogP contribution in [0, 0.1) is 0 Å². The van der Waals surface area contributed by atoms with Gasteiger partial charge >= 0.3 is 0 Å². The second-order valence-electron chi connectivity index (χ2n) is 8.80. The van der Waals surface area contributed by atoms with Crippen molar-refractivity contribution in [3.05, 3.63) is 89.4 Å². The monoisotopic (exact) mass is 557 g/mol. The van der Waals surface area contributed by atoms with Crippen molar-refractivity contribution in [2.24, 2.45) is 0 Å². The third-order valence-electron chi connectivity index (χ3n) is 5.74. The molecule has 0 aromatic heterocycles. The van der Waals surface area contributed by atoms with Gasteiger partial charge in [-0.3, -0.25) is 13.9 Å². The number of hydrogen-bond donors (Lipinski definition) is 1. The molecule has 0 radical (unpaired) electrons. The zero-order chi connectivity index (χ0) is 27.7. The Bertz CT molecular complexity index is 1330. The average molecular weight is 558 g/mol. The van der Waals surface area contributed by atoms with Crippen molar-refractivity contribution in [3.63, 3.8) is 0 Å². The quantitative estimate of drug-likeness (QED) is 0.344. The minimum absolute atomic E-state index is 0.0849. The summed E-state index contributed by atoms with van der Waals surface area (Å²) in [5.74, 6) is 0.306. The summed E-state index contributed by atoms with van der Waals surface area (Å²) >= 11 is 6.13. The molecule has 2 amide bonds. The van der Waals surface area contributed by atoms with E-state index in [0.717, 1.165) is 17.0 Å². The van der Waals surface area contributed by atoms with Crippen molar-refractivity contribution in [1.82, 2.24) is 10.2 Å². The highest BCUT2D eigenvalue weighted by molar-refractivity contribution is 7.92. The zero-order valence-corrected chi connectivity index (χ0v) is 23.2. The SMILES string of the molecule is CCCNC(=O)[C@@H](C)N(Cc1cccc(Cl)c1)C(=O)CN(c1ccc(Oc2ccccc2)cc1)S(C)(=O)=O. The highest BCUT2D eigenvalue weighted by Crippen LogP contribution is 2.26. The van der Waals surface area contributed by atoms with Gasteiger partial charge in [0.25, 0.3) is 0 Å². The molecule has 3 aromatic carbocycles. The Hall–Kier alpha value is -3.56. The maximum atomic E-state index is 13.6. The summed E-state index contributed by atoms with van der Waals surface area (Å²) in [5.41, 5.74) is 1.02. The second kappa shape index (κ2) is 13.3. The molecule has 3 rings (SSSR count). The van der Waals surface area contributed by atoms with E-state index in [0.29, 0.717) is 34.3 Å². The van der Waals surface area contributed by atoms with E-state index in [9.17, 15) is 18.0 Å². The fourth-order valence-electron chi connectivity index (χ4n) is 3.73. The van der Waals surface area contributed by atoms with Gasteiger partial charge in [-0.05, 0) is 67.4 Å². The van der Waals surface area contributed by atoms with Crippen LogP contribution in [0.25, 0.3) is 0 Å². The van der Waals surface area contributed by atoms with Crippen LogP contribution in [-0.2, 0) is 26.2 Å². The van der Waals surface area contributed by atoms with E-state index >= 15 is 0 Å². The standard InChI is InChI=1S/C28H32ClN3O5S/c1-4-17-30-28(34)21(2)31(19-22-9-8-10-23(29)18-22)27(33)20-32(38(3,35)36)24-13-15-26(16-14-24)37-25-11-6-5-7-12-25/h5-16,18,21H,4,17,19-20H2,1-3H3,(H,30,34)/t21-/m1/s1. The summed E-state index contributed by atoms with van der Waals surface area (Å²) in [5, 5.41) is 3.30. The minimum atomic E-state index is -3.83. The molecule has 1 N–H and O–H groups in total. The van der Waals surface area contributed by atoms with Gasteiger partial charge in [0.05, 0.1) is 11.9 Å². The molecule has 0 bridgehead atoms. The van der Waals surface area contributed by atoms with Crippen LogP contribution >= 0.6 is 11.6 Å². The van der Waals surface area contributed by atoms with Crippen molar-refractivity contribution >= 4 is 39.1 Å². The molecule has 0 saturated carbocycles. The van der Waals surface area contributed by atoms with Gasteiger partial charge in [0.15, 0.2) is 0 Å². The highest BCUT2D eigenvalue weighted by atomic mass is 35.5. The minimum Gasteiger partial charge on any atom is -0.457 e. The van der Waals surface area contributed by atoms with E-state index in [2.05, 4.69) is 5.32 Å². The molecule has 3 aromatic rings. The molecule has 0 unspecified atom stereocenters. The Kier molecular flexibility index (Phi) is 10.2. The lowest BCUT2D eigenvalue weighted by atomic mass is 10.1. The number of carbonyl (C=O) groups excluding carboxylic acids is 2. The van der Waals surface area contributed by atoms with E-state index in [1.165, 1.54) is 4.90 Å². The van der Waals surface area contributed by atoms with Gasteiger partial charge in [-0.1, -0.05) is 48.9 Å². The van der Waals surface area contributed by atoms with E-state index in [1.807, 2.05) is 37.3 Å². The number of para-hydroxylation sites is 1. The lowest BCUT2D eigenvalue weighted by Crippen LogP contribution is -2.51. The molecule has 0 aliphatic heterocycles. The molecule has 0 saturated heterocycles. The number of anilines is 1. The largest absolute Gasteiger partial charge is 0.457 e. The number of hydrogen-bond acceptors (Lipinski definition) is 5. The predicted molar refractivity (Wildman–Crippen MR) is 150 cm³/mol. The lowest BCUT2D eigenvalue weighted by molar-refractivity contribution is -0.139. The van der Waals surface area contributed by atoms with Crippen molar-refractivity contribution in [2.45, 2.75) is 32.9 Å². The lowest BCUT2D eigenvalue weighted by Gasteiger charge is -2.31. The van der Waals surface area contributed by atoms with Gasteiger partial charge in [0.1, 0.15) is 24.1 Å². The smallest absolute Gasteiger partial charge is 0.244 e. The third kappa shape index (κ3) is 8.22. The molecule has 1 atom stereocenters. The second-order valence-corrected chi connectivity index (χ2v) is 11.1. The van der Waals surface area contributed by atoms with E-state index in [1.54, 1.807) is 55.5 Å². The predicted octanol–water partition coefficient (Wildman–Crippen LogP) is 4.84. The molecule has 0 heterocycles. The summed E-state index contributed by atoms with van der Waals surface area (Å²) in [6, 6.07) is 21.7. The molecule has 0 aliphatic rings. The van der Waals surface area contributed by atoms with Crippen molar-refractivity contribution in [3.8, 4) is 11.5 Å². The van der Waals surface area contributed by atoms with E-state index < -0.39 is 28.5 Å². The number of halogens is 1. The van der Waals surface area contributed by atoms with Crippen molar-refractivity contribution in [2.75, 3.05) is 23.7 Å². The summed E-state index contributed by atoms with van der Waals surface area (Å²) in [7, 11) is -3.83. The summed E-state index contributed by atoms with van der Waals surface area (Å²) in [6.07, 6.45) is 1.78. The first-order valence-electron chi connectivity index (χ1n) is 12.2. The maximum Gasteiger partial charge on any atom is 0.244 e. The highest BCUT2D eigenvalue weighted by Gasteiger charge is 2.30. The van der Waals surface area contributed by atoms with Crippen molar-refractivity contribution < 1.29 is 22.7 Å². The summed E-state index contributed by atoms with van der Waals surface area (Å²) in [4.78, 5) is 27.7. The third-order valence-corrected chi connectivity index (χ3v) is 7.12. The van der Waals surface area contributed by atoms with Crippen LogP contribution < -0.4 is 14.4 Å².